The number of hydrogen-bond acceptors (Lipinski definition) is 2. The zero-order valence-corrected chi connectivity index (χ0v) is 9.93. The number of para-hydroxylation sites is 1. The van der Waals surface area contributed by atoms with E-state index in [-0.39, 0.29) is 12.2 Å². The molecule has 0 aliphatic heterocycles. The second-order valence-corrected chi connectivity index (χ2v) is 4.44. The monoisotopic (exact) mass is 231 g/mol. The standard InChI is InChI=1S/C14H17NO2/c1-11-6-5-9-13(10-11)17-14(16)15-12-7-3-2-4-8-12/h2-5,7-9,11,13H,6,10H2,1H3,(H,15,16)/t11-,13+/m1/s1. The van der Waals surface area contributed by atoms with Gasteiger partial charge in [-0.25, -0.2) is 4.79 Å². The first-order chi connectivity index (χ1) is 8.24. The van der Waals surface area contributed by atoms with Crippen molar-refractivity contribution < 1.29 is 9.53 Å². The Balaban J connectivity index is 1.85. The average molecular weight is 231 g/mol. The number of amides is 1. The van der Waals surface area contributed by atoms with Gasteiger partial charge in [0.25, 0.3) is 0 Å². The Hall–Kier alpha value is -1.77. The Morgan fingerprint density at radius 3 is 2.82 bits per heavy atom. The zero-order valence-electron chi connectivity index (χ0n) is 9.93. The molecule has 0 fully saturated rings. The molecule has 90 valence electrons. The average Bonchev–Trinajstić information content (AvgIpc) is 2.30. The number of benzene rings is 1. The molecule has 2 rings (SSSR count). The van der Waals surface area contributed by atoms with Crippen molar-refractivity contribution in [2.45, 2.75) is 25.9 Å². The molecule has 0 saturated heterocycles. The molecule has 0 radical (unpaired) electrons. The van der Waals surface area contributed by atoms with Crippen LogP contribution in [0.5, 0.6) is 0 Å². The fraction of sp³-hybridized carbons (Fsp3) is 0.357. The molecule has 1 aromatic rings. The van der Waals surface area contributed by atoms with Gasteiger partial charge in [0.15, 0.2) is 0 Å². The molecular weight excluding hydrogens is 214 g/mol. The van der Waals surface area contributed by atoms with Crippen LogP contribution in [0.1, 0.15) is 19.8 Å². The summed E-state index contributed by atoms with van der Waals surface area (Å²) < 4.78 is 5.33. The van der Waals surface area contributed by atoms with E-state index in [4.69, 9.17) is 4.74 Å². The van der Waals surface area contributed by atoms with E-state index in [1.807, 2.05) is 36.4 Å². The fourth-order valence-electron chi connectivity index (χ4n) is 1.93. The molecule has 3 nitrogen and oxygen atoms in total. The number of anilines is 1. The van der Waals surface area contributed by atoms with Crippen molar-refractivity contribution in [2.24, 2.45) is 5.92 Å². The summed E-state index contributed by atoms with van der Waals surface area (Å²) in [7, 11) is 0. The molecule has 0 bridgehead atoms. The van der Waals surface area contributed by atoms with Crippen molar-refractivity contribution in [1.82, 2.24) is 0 Å². The number of ether oxygens (including phenoxy) is 1. The summed E-state index contributed by atoms with van der Waals surface area (Å²) in [6, 6.07) is 9.32. The molecule has 1 aliphatic rings. The van der Waals surface area contributed by atoms with Gasteiger partial charge >= 0.3 is 6.09 Å². The lowest BCUT2D eigenvalue weighted by atomic mass is 9.94. The molecule has 0 unspecified atom stereocenters. The lowest BCUT2D eigenvalue weighted by Crippen LogP contribution is -2.24. The van der Waals surface area contributed by atoms with Crippen LogP contribution in [0.25, 0.3) is 0 Å². The zero-order chi connectivity index (χ0) is 12.1. The smallest absolute Gasteiger partial charge is 0.412 e. The fourth-order valence-corrected chi connectivity index (χ4v) is 1.93. The van der Waals surface area contributed by atoms with Gasteiger partial charge < -0.3 is 4.74 Å². The van der Waals surface area contributed by atoms with E-state index in [0.717, 1.165) is 18.5 Å². The highest BCUT2D eigenvalue weighted by atomic mass is 16.6. The first-order valence-electron chi connectivity index (χ1n) is 5.93. The van der Waals surface area contributed by atoms with Gasteiger partial charge in [-0.05, 0) is 37.0 Å². The lowest BCUT2D eigenvalue weighted by Gasteiger charge is -2.21. The Morgan fingerprint density at radius 2 is 2.12 bits per heavy atom. The summed E-state index contributed by atoms with van der Waals surface area (Å²) in [5.41, 5.74) is 0.755. The van der Waals surface area contributed by atoms with E-state index in [1.54, 1.807) is 0 Å². The molecule has 3 heteroatoms. The van der Waals surface area contributed by atoms with Crippen LogP contribution < -0.4 is 5.32 Å². The van der Waals surface area contributed by atoms with Crippen LogP contribution in [0.2, 0.25) is 0 Å². The van der Waals surface area contributed by atoms with Gasteiger partial charge in [-0.2, -0.15) is 0 Å². The van der Waals surface area contributed by atoms with Crippen molar-refractivity contribution in [3.8, 4) is 0 Å². The van der Waals surface area contributed by atoms with Gasteiger partial charge in [-0.1, -0.05) is 31.2 Å². The number of allylic oxidation sites excluding steroid dienone is 1. The van der Waals surface area contributed by atoms with E-state index in [0.29, 0.717) is 5.92 Å². The van der Waals surface area contributed by atoms with Crippen molar-refractivity contribution >= 4 is 11.8 Å². The Labute approximate surface area is 101 Å². The Bertz CT molecular complexity index is 400. The predicted octanol–water partition coefficient (Wildman–Crippen LogP) is 3.59. The largest absolute Gasteiger partial charge is 0.442 e. The van der Waals surface area contributed by atoms with E-state index in [2.05, 4.69) is 18.3 Å². The van der Waals surface area contributed by atoms with Gasteiger partial charge in [0.2, 0.25) is 0 Å². The number of hydrogen-bond donors (Lipinski definition) is 1. The SMILES string of the molecule is C[C@@H]1CC=C[C@H](OC(=O)Nc2ccccc2)C1. The number of nitrogens with one attached hydrogen (secondary N) is 1. The molecule has 2 atom stereocenters. The molecule has 1 aliphatic carbocycles. The lowest BCUT2D eigenvalue weighted by molar-refractivity contribution is 0.118. The second kappa shape index (κ2) is 5.53. The minimum absolute atomic E-state index is 0.0949. The summed E-state index contributed by atoms with van der Waals surface area (Å²) >= 11 is 0. The maximum atomic E-state index is 11.6. The van der Waals surface area contributed by atoms with Crippen LogP contribution in [0, 0.1) is 5.92 Å². The minimum atomic E-state index is -0.389. The topological polar surface area (TPSA) is 38.3 Å². The molecule has 1 N–H and O–H groups in total. The van der Waals surface area contributed by atoms with E-state index in [9.17, 15) is 4.79 Å². The third kappa shape index (κ3) is 3.63. The predicted molar refractivity (Wildman–Crippen MR) is 67.9 cm³/mol. The maximum absolute atomic E-state index is 11.6. The number of rotatable bonds is 2. The summed E-state index contributed by atoms with van der Waals surface area (Å²) in [6.07, 6.45) is 5.53. The highest BCUT2D eigenvalue weighted by Crippen LogP contribution is 2.20. The quantitative estimate of drug-likeness (QED) is 0.790. The summed E-state index contributed by atoms with van der Waals surface area (Å²) in [6.45, 7) is 2.16. The molecule has 0 spiro atoms. The number of carbonyl (C=O) groups is 1. The highest BCUT2D eigenvalue weighted by Gasteiger charge is 2.17. The van der Waals surface area contributed by atoms with Crippen molar-refractivity contribution in [2.75, 3.05) is 5.32 Å². The molecule has 0 aromatic heterocycles. The maximum Gasteiger partial charge on any atom is 0.412 e. The normalized spacial score (nSPS) is 23.1. The summed E-state index contributed by atoms with van der Waals surface area (Å²) in [4.78, 5) is 11.6. The van der Waals surface area contributed by atoms with Gasteiger partial charge in [-0.15, -0.1) is 0 Å². The highest BCUT2D eigenvalue weighted by molar-refractivity contribution is 5.84. The minimum Gasteiger partial charge on any atom is -0.442 e. The van der Waals surface area contributed by atoms with Gasteiger partial charge in [0.1, 0.15) is 6.10 Å². The van der Waals surface area contributed by atoms with E-state index in [1.165, 1.54) is 0 Å². The molecule has 17 heavy (non-hydrogen) atoms. The Morgan fingerprint density at radius 1 is 1.35 bits per heavy atom. The van der Waals surface area contributed by atoms with E-state index < -0.39 is 0 Å². The van der Waals surface area contributed by atoms with Crippen LogP contribution >= 0.6 is 0 Å². The van der Waals surface area contributed by atoms with E-state index >= 15 is 0 Å². The molecule has 1 aromatic carbocycles. The third-order valence-electron chi connectivity index (χ3n) is 2.80. The van der Waals surface area contributed by atoms with Crippen LogP contribution in [-0.2, 0) is 4.74 Å². The second-order valence-electron chi connectivity index (χ2n) is 4.44. The van der Waals surface area contributed by atoms with Crippen LogP contribution in [0.15, 0.2) is 42.5 Å². The van der Waals surface area contributed by atoms with Crippen LogP contribution in [-0.4, -0.2) is 12.2 Å². The van der Waals surface area contributed by atoms with Crippen LogP contribution in [0.3, 0.4) is 0 Å². The van der Waals surface area contributed by atoms with Gasteiger partial charge in [0, 0.05) is 5.69 Å². The molecule has 0 saturated carbocycles. The third-order valence-corrected chi connectivity index (χ3v) is 2.80. The molecular formula is C14H17NO2. The first-order valence-corrected chi connectivity index (χ1v) is 5.93. The van der Waals surface area contributed by atoms with Gasteiger partial charge in [0.05, 0.1) is 0 Å². The first kappa shape index (κ1) is 11.7. The van der Waals surface area contributed by atoms with Gasteiger partial charge in [-0.3, -0.25) is 5.32 Å². The molecule has 1 amide bonds. The number of carbonyl (C=O) groups excluding carboxylic acids is 1. The van der Waals surface area contributed by atoms with Crippen molar-refractivity contribution in [1.29, 1.82) is 0 Å². The Kier molecular flexibility index (Phi) is 3.81. The van der Waals surface area contributed by atoms with Crippen molar-refractivity contribution in [3.05, 3.63) is 42.5 Å². The summed E-state index contributed by atoms with van der Waals surface area (Å²) in [5.74, 6) is 0.578. The summed E-state index contributed by atoms with van der Waals surface area (Å²) in [5, 5.41) is 2.71. The van der Waals surface area contributed by atoms with Crippen molar-refractivity contribution in [3.63, 3.8) is 0 Å². The molecule has 0 heterocycles. The van der Waals surface area contributed by atoms with Crippen LogP contribution in [0.4, 0.5) is 10.5 Å².